The third kappa shape index (κ3) is 5.35. The van der Waals surface area contributed by atoms with Crippen LogP contribution >= 0.6 is 0 Å². The first-order valence-electron chi connectivity index (χ1n) is 11.2. The molecule has 170 valence electrons. The van der Waals surface area contributed by atoms with Gasteiger partial charge in [0.15, 0.2) is 0 Å². The first kappa shape index (κ1) is 22.4. The zero-order valence-corrected chi connectivity index (χ0v) is 19.3. The molecule has 7 nitrogen and oxygen atoms in total. The van der Waals surface area contributed by atoms with E-state index >= 15 is 0 Å². The van der Waals surface area contributed by atoms with E-state index in [4.69, 9.17) is 4.74 Å². The second-order valence-corrected chi connectivity index (χ2v) is 8.77. The minimum absolute atomic E-state index is 0.111. The van der Waals surface area contributed by atoms with Gasteiger partial charge in [-0.25, -0.2) is 9.78 Å². The molecule has 0 spiro atoms. The van der Waals surface area contributed by atoms with E-state index in [2.05, 4.69) is 28.1 Å². The molecule has 0 saturated heterocycles. The fourth-order valence-electron chi connectivity index (χ4n) is 4.29. The van der Waals surface area contributed by atoms with Gasteiger partial charge in [0.05, 0.1) is 48.9 Å². The standard InChI is InChI=1S/C26H29N5O2/c1-19(2)33-26(32)31-14-22-11-21(13-27)9-10-25(22)30(16-23-15-29(3)18-28-23)17-24(31)12-20-7-5-4-6-8-20/h4-11,15,18-19,24H,12,14,16-17H2,1-3H3/t24-/m1/s1. The zero-order chi connectivity index (χ0) is 23.4. The SMILES string of the molecule is CC(C)OC(=O)N1Cc2cc(C#N)ccc2N(Cc2cn(C)cn2)C[C@H]1Cc1ccccc1. The number of carbonyl (C=O) groups is 1. The van der Waals surface area contributed by atoms with Gasteiger partial charge in [0.2, 0.25) is 0 Å². The maximum atomic E-state index is 13.2. The van der Waals surface area contributed by atoms with Crippen molar-refractivity contribution < 1.29 is 9.53 Å². The fraction of sp³-hybridized carbons (Fsp3) is 0.346. The second kappa shape index (κ2) is 9.78. The van der Waals surface area contributed by atoms with Crippen LogP contribution in [0.4, 0.5) is 10.5 Å². The van der Waals surface area contributed by atoms with Crippen molar-refractivity contribution in [2.45, 2.75) is 45.5 Å². The van der Waals surface area contributed by atoms with Gasteiger partial charge in [-0.2, -0.15) is 5.26 Å². The molecular formula is C26H29N5O2. The van der Waals surface area contributed by atoms with Crippen molar-refractivity contribution in [2.75, 3.05) is 11.4 Å². The highest BCUT2D eigenvalue weighted by atomic mass is 16.6. The number of fused-ring (bicyclic) bond motifs is 1. The monoisotopic (exact) mass is 443 g/mol. The van der Waals surface area contributed by atoms with Crippen LogP contribution in [0.5, 0.6) is 0 Å². The molecule has 2 aromatic carbocycles. The van der Waals surface area contributed by atoms with Gasteiger partial charge < -0.3 is 14.2 Å². The lowest BCUT2D eigenvalue weighted by atomic mass is 10.0. The largest absolute Gasteiger partial charge is 0.447 e. The smallest absolute Gasteiger partial charge is 0.410 e. The van der Waals surface area contributed by atoms with Crippen molar-refractivity contribution in [1.82, 2.24) is 14.5 Å². The number of benzene rings is 2. The van der Waals surface area contributed by atoms with E-state index in [0.29, 0.717) is 31.6 Å². The summed E-state index contributed by atoms with van der Waals surface area (Å²) < 4.78 is 7.56. The molecule has 0 fully saturated rings. The number of aromatic nitrogens is 2. The summed E-state index contributed by atoms with van der Waals surface area (Å²) in [4.78, 5) is 21.8. The summed E-state index contributed by atoms with van der Waals surface area (Å²) >= 11 is 0. The van der Waals surface area contributed by atoms with Crippen molar-refractivity contribution in [3.05, 3.63) is 83.4 Å². The van der Waals surface area contributed by atoms with Gasteiger partial charge in [-0.1, -0.05) is 30.3 Å². The van der Waals surface area contributed by atoms with Crippen LogP contribution in [0.1, 0.15) is 36.2 Å². The molecular weight excluding hydrogens is 414 g/mol. The zero-order valence-electron chi connectivity index (χ0n) is 19.3. The quantitative estimate of drug-likeness (QED) is 0.589. The van der Waals surface area contributed by atoms with E-state index < -0.39 is 0 Å². The van der Waals surface area contributed by atoms with Crippen LogP contribution in [0.15, 0.2) is 61.1 Å². The Hall–Kier alpha value is -3.79. The summed E-state index contributed by atoms with van der Waals surface area (Å²) in [5.41, 5.74) is 4.62. The molecule has 2 heterocycles. The van der Waals surface area contributed by atoms with Crippen molar-refractivity contribution in [3.8, 4) is 6.07 Å². The summed E-state index contributed by atoms with van der Waals surface area (Å²) in [5, 5.41) is 9.47. The molecule has 0 N–H and O–H groups in total. The molecule has 1 aromatic heterocycles. The Morgan fingerprint density at radius 2 is 2.03 bits per heavy atom. The maximum Gasteiger partial charge on any atom is 0.410 e. The Balaban J connectivity index is 1.74. The van der Waals surface area contributed by atoms with Crippen LogP contribution in [-0.4, -0.2) is 39.2 Å². The Morgan fingerprint density at radius 1 is 1.24 bits per heavy atom. The predicted molar refractivity (Wildman–Crippen MR) is 127 cm³/mol. The number of carbonyl (C=O) groups excluding carboxylic acids is 1. The number of imidazole rings is 1. The van der Waals surface area contributed by atoms with E-state index in [1.54, 1.807) is 6.33 Å². The van der Waals surface area contributed by atoms with Crippen molar-refractivity contribution >= 4 is 11.8 Å². The lowest BCUT2D eigenvalue weighted by Crippen LogP contribution is -2.46. The molecule has 1 atom stereocenters. The Morgan fingerprint density at radius 3 is 2.70 bits per heavy atom. The van der Waals surface area contributed by atoms with Gasteiger partial charge in [0.1, 0.15) is 0 Å². The number of amides is 1. The van der Waals surface area contributed by atoms with E-state index in [-0.39, 0.29) is 18.2 Å². The van der Waals surface area contributed by atoms with E-state index in [1.807, 2.05) is 73.0 Å². The molecule has 0 radical (unpaired) electrons. The molecule has 1 amide bonds. The second-order valence-electron chi connectivity index (χ2n) is 8.77. The molecule has 1 aliphatic rings. The summed E-state index contributed by atoms with van der Waals surface area (Å²) in [5.74, 6) is 0. The third-order valence-electron chi connectivity index (χ3n) is 5.76. The summed E-state index contributed by atoms with van der Waals surface area (Å²) in [6.45, 7) is 5.33. The maximum absolute atomic E-state index is 13.2. The predicted octanol–water partition coefficient (Wildman–Crippen LogP) is 4.27. The number of aryl methyl sites for hydroxylation is 1. The molecule has 0 saturated carbocycles. The third-order valence-corrected chi connectivity index (χ3v) is 5.76. The van der Waals surface area contributed by atoms with Gasteiger partial charge in [-0.3, -0.25) is 4.90 Å². The lowest BCUT2D eigenvalue weighted by molar-refractivity contribution is 0.0619. The number of anilines is 1. The van der Waals surface area contributed by atoms with Gasteiger partial charge in [-0.15, -0.1) is 0 Å². The fourth-order valence-corrected chi connectivity index (χ4v) is 4.29. The molecule has 0 bridgehead atoms. The molecule has 4 rings (SSSR count). The highest BCUT2D eigenvalue weighted by Gasteiger charge is 2.33. The molecule has 1 aliphatic heterocycles. The van der Waals surface area contributed by atoms with Crippen molar-refractivity contribution in [3.63, 3.8) is 0 Å². The first-order valence-corrected chi connectivity index (χ1v) is 11.2. The number of nitrogens with zero attached hydrogens (tertiary/aromatic N) is 5. The van der Waals surface area contributed by atoms with Gasteiger partial charge in [0, 0.05) is 25.5 Å². The summed E-state index contributed by atoms with van der Waals surface area (Å²) in [6, 6.07) is 18.0. The van der Waals surface area contributed by atoms with Crippen LogP contribution in [0.2, 0.25) is 0 Å². The molecule has 0 unspecified atom stereocenters. The first-order chi connectivity index (χ1) is 15.9. The van der Waals surface area contributed by atoms with Crippen molar-refractivity contribution in [1.29, 1.82) is 5.26 Å². The number of ether oxygens (including phenoxy) is 1. The van der Waals surface area contributed by atoms with Crippen LogP contribution in [-0.2, 0) is 31.3 Å². The minimum Gasteiger partial charge on any atom is -0.447 e. The van der Waals surface area contributed by atoms with Crippen LogP contribution in [0, 0.1) is 11.3 Å². The van der Waals surface area contributed by atoms with Gasteiger partial charge in [-0.05, 0) is 49.6 Å². The van der Waals surface area contributed by atoms with Crippen LogP contribution in [0.3, 0.4) is 0 Å². The Kier molecular flexibility index (Phi) is 6.64. The highest BCUT2D eigenvalue weighted by Crippen LogP contribution is 2.31. The topological polar surface area (TPSA) is 74.4 Å². The van der Waals surface area contributed by atoms with Crippen LogP contribution in [0.25, 0.3) is 0 Å². The normalized spacial score (nSPS) is 15.7. The highest BCUT2D eigenvalue weighted by molar-refractivity contribution is 5.70. The molecule has 3 aromatic rings. The van der Waals surface area contributed by atoms with E-state index in [0.717, 1.165) is 22.5 Å². The van der Waals surface area contributed by atoms with Gasteiger partial charge >= 0.3 is 6.09 Å². The summed E-state index contributed by atoms with van der Waals surface area (Å²) in [7, 11) is 1.95. The van der Waals surface area contributed by atoms with Crippen LogP contribution < -0.4 is 4.90 Å². The lowest BCUT2D eigenvalue weighted by Gasteiger charge is -2.32. The average Bonchev–Trinajstić information content (AvgIpc) is 3.14. The number of rotatable bonds is 5. The summed E-state index contributed by atoms with van der Waals surface area (Å²) in [6.07, 6.45) is 3.95. The Bertz CT molecular complexity index is 1150. The molecule has 7 heteroatoms. The van der Waals surface area contributed by atoms with E-state index in [1.165, 1.54) is 0 Å². The minimum atomic E-state index is -0.334. The molecule has 0 aliphatic carbocycles. The average molecular weight is 444 g/mol. The van der Waals surface area contributed by atoms with E-state index in [9.17, 15) is 10.1 Å². The number of nitriles is 1. The van der Waals surface area contributed by atoms with Gasteiger partial charge in [0.25, 0.3) is 0 Å². The number of hydrogen-bond donors (Lipinski definition) is 0. The Labute approximate surface area is 194 Å². The van der Waals surface area contributed by atoms with Crippen molar-refractivity contribution in [2.24, 2.45) is 7.05 Å². The molecule has 33 heavy (non-hydrogen) atoms. The number of hydrogen-bond acceptors (Lipinski definition) is 5.